The Balaban J connectivity index is 1.50. The van der Waals surface area contributed by atoms with Crippen molar-refractivity contribution >= 4 is 11.9 Å². The summed E-state index contributed by atoms with van der Waals surface area (Å²) < 4.78 is 0. The number of rotatable bonds is 6. The quantitative estimate of drug-likeness (QED) is 0.410. The fraction of sp³-hybridized carbons (Fsp3) is 0.923. The number of amides is 1. The lowest BCUT2D eigenvalue weighted by Gasteiger charge is -2.65. The molecule has 4 saturated carbocycles. The van der Waals surface area contributed by atoms with Crippen LogP contribution >= 0.6 is 0 Å². The Bertz CT molecular complexity index is 774. The molecule has 7 heteroatoms. The van der Waals surface area contributed by atoms with Crippen molar-refractivity contribution in [3.63, 3.8) is 0 Å². The first-order valence-corrected chi connectivity index (χ1v) is 13.0. The molecule has 10 unspecified atom stereocenters. The minimum Gasteiger partial charge on any atom is -0.480 e. The maximum Gasteiger partial charge on any atom is 0.322 e. The van der Waals surface area contributed by atoms with Crippen LogP contribution in [0, 0.1) is 40.4 Å². The molecule has 7 nitrogen and oxygen atoms in total. The van der Waals surface area contributed by atoms with Crippen molar-refractivity contribution in [2.75, 3.05) is 6.54 Å². The second-order valence-electron chi connectivity index (χ2n) is 12.3. The molecule has 0 radical (unpaired) electrons. The van der Waals surface area contributed by atoms with Gasteiger partial charge in [-0.05, 0) is 92.8 Å². The van der Waals surface area contributed by atoms with Crippen LogP contribution in [-0.2, 0) is 9.59 Å². The highest BCUT2D eigenvalue weighted by atomic mass is 16.4. The van der Waals surface area contributed by atoms with Crippen LogP contribution in [0.4, 0.5) is 0 Å². The van der Waals surface area contributed by atoms with Gasteiger partial charge in [0.25, 0.3) is 0 Å². The van der Waals surface area contributed by atoms with E-state index in [1.54, 1.807) is 0 Å². The zero-order valence-corrected chi connectivity index (χ0v) is 20.4. The summed E-state index contributed by atoms with van der Waals surface area (Å²) in [6.45, 7) is 6.22. The highest BCUT2D eigenvalue weighted by Crippen LogP contribution is 2.69. The number of carboxylic acids is 1. The van der Waals surface area contributed by atoms with Crippen LogP contribution in [0.3, 0.4) is 0 Å². The van der Waals surface area contributed by atoms with Crippen LogP contribution in [0.5, 0.6) is 0 Å². The predicted molar refractivity (Wildman–Crippen MR) is 123 cm³/mol. The standard InChI is InChI=1S/C26H43NO6/c1-15(4-7-22(30)27-14-23(31)32)18-5-6-19-25(18,3)21(29)13-20-24(2)10-9-17(28)12-16(24)8-11-26(19,20)33/h15-21,28-29,33H,4-14H2,1-3H3,(H,27,30)(H,31,32). The summed E-state index contributed by atoms with van der Waals surface area (Å²) in [5.74, 6) is -0.389. The van der Waals surface area contributed by atoms with Crippen molar-refractivity contribution in [3.8, 4) is 0 Å². The maximum absolute atomic E-state index is 12.3. The zero-order valence-electron chi connectivity index (χ0n) is 20.4. The number of hydrogen-bond acceptors (Lipinski definition) is 5. The third-order valence-electron chi connectivity index (χ3n) is 10.8. The average Bonchev–Trinajstić information content (AvgIpc) is 3.13. The lowest BCUT2D eigenvalue weighted by molar-refractivity contribution is -0.254. The number of aliphatic carboxylic acids is 1. The van der Waals surface area contributed by atoms with Crippen molar-refractivity contribution in [2.45, 2.75) is 103 Å². The summed E-state index contributed by atoms with van der Waals surface area (Å²) >= 11 is 0. The topological polar surface area (TPSA) is 127 Å². The van der Waals surface area contributed by atoms with E-state index in [4.69, 9.17) is 5.11 Å². The number of nitrogens with one attached hydrogen (secondary N) is 1. The molecule has 1 amide bonds. The molecule has 4 aliphatic rings. The van der Waals surface area contributed by atoms with Crippen LogP contribution < -0.4 is 5.32 Å². The van der Waals surface area contributed by atoms with Crippen LogP contribution in [0.15, 0.2) is 0 Å². The Morgan fingerprint density at radius 2 is 1.76 bits per heavy atom. The number of carboxylic acid groups (broad SMARTS) is 1. The van der Waals surface area contributed by atoms with Crippen molar-refractivity contribution < 1.29 is 30.0 Å². The van der Waals surface area contributed by atoms with Crippen molar-refractivity contribution in [2.24, 2.45) is 40.4 Å². The maximum atomic E-state index is 12.3. The summed E-state index contributed by atoms with van der Waals surface area (Å²) in [6.07, 6.45) is 6.80. The van der Waals surface area contributed by atoms with E-state index in [1.807, 2.05) is 0 Å². The molecule has 5 N–H and O–H groups in total. The largest absolute Gasteiger partial charge is 0.480 e. The van der Waals surface area contributed by atoms with Crippen LogP contribution in [0.25, 0.3) is 0 Å². The van der Waals surface area contributed by atoms with Gasteiger partial charge in [-0.3, -0.25) is 9.59 Å². The second kappa shape index (κ2) is 8.80. The van der Waals surface area contributed by atoms with Gasteiger partial charge in [0.1, 0.15) is 6.54 Å². The first-order chi connectivity index (χ1) is 15.4. The smallest absolute Gasteiger partial charge is 0.322 e. The van der Waals surface area contributed by atoms with Crippen LogP contribution in [-0.4, -0.2) is 56.7 Å². The lowest BCUT2D eigenvalue weighted by atomic mass is 9.42. The Kier molecular flexibility index (Phi) is 6.64. The van der Waals surface area contributed by atoms with Gasteiger partial charge in [-0.15, -0.1) is 0 Å². The summed E-state index contributed by atoms with van der Waals surface area (Å²) in [5, 5.41) is 45.3. The van der Waals surface area contributed by atoms with Crippen LogP contribution in [0.1, 0.15) is 85.0 Å². The summed E-state index contributed by atoms with van der Waals surface area (Å²) in [4.78, 5) is 22.7. The zero-order chi connectivity index (χ0) is 24.2. The van der Waals surface area contributed by atoms with Gasteiger partial charge in [0.2, 0.25) is 5.91 Å². The Morgan fingerprint density at radius 3 is 2.45 bits per heavy atom. The number of fused-ring (bicyclic) bond motifs is 5. The van der Waals surface area contributed by atoms with Gasteiger partial charge in [0, 0.05) is 11.8 Å². The fourth-order valence-electron chi connectivity index (χ4n) is 9.04. The molecule has 0 spiro atoms. The molecule has 4 fully saturated rings. The molecule has 0 heterocycles. The molecule has 0 bridgehead atoms. The molecule has 10 atom stereocenters. The molecule has 188 valence electrons. The Morgan fingerprint density at radius 1 is 1.03 bits per heavy atom. The highest BCUT2D eigenvalue weighted by Gasteiger charge is 2.69. The monoisotopic (exact) mass is 465 g/mol. The van der Waals surface area contributed by atoms with E-state index < -0.39 is 17.7 Å². The molecule has 0 aliphatic heterocycles. The molecule has 0 aromatic carbocycles. The van der Waals surface area contributed by atoms with Crippen molar-refractivity contribution in [1.82, 2.24) is 5.32 Å². The van der Waals surface area contributed by atoms with Crippen molar-refractivity contribution in [1.29, 1.82) is 0 Å². The van der Waals surface area contributed by atoms with Gasteiger partial charge in [0.05, 0.1) is 17.8 Å². The fourth-order valence-corrected chi connectivity index (χ4v) is 9.04. The molecular weight excluding hydrogens is 422 g/mol. The number of hydrogen-bond donors (Lipinski definition) is 5. The van der Waals surface area contributed by atoms with Gasteiger partial charge in [-0.2, -0.15) is 0 Å². The van der Waals surface area contributed by atoms with E-state index in [1.165, 1.54) is 0 Å². The lowest BCUT2D eigenvalue weighted by Crippen LogP contribution is -2.67. The van der Waals surface area contributed by atoms with Gasteiger partial charge in [-0.25, -0.2) is 0 Å². The molecule has 0 aromatic rings. The molecule has 0 aromatic heterocycles. The van der Waals surface area contributed by atoms with Gasteiger partial charge >= 0.3 is 5.97 Å². The second-order valence-corrected chi connectivity index (χ2v) is 12.3. The summed E-state index contributed by atoms with van der Waals surface area (Å²) in [5.41, 5.74) is -1.21. The normalized spacial score (nSPS) is 47.7. The first kappa shape index (κ1) is 24.9. The minimum absolute atomic E-state index is 0.0386. The van der Waals surface area contributed by atoms with E-state index in [0.29, 0.717) is 18.8 Å². The summed E-state index contributed by atoms with van der Waals surface area (Å²) in [6, 6.07) is 0. The predicted octanol–water partition coefficient (Wildman–Crippen LogP) is 2.71. The number of carbonyl (C=O) groups excluding carboxylic acids is 1. The molecule has 33 heavy (non-hydrogen) atoms. The SMILES string of the molecule is CC(CCC(=O)NCC(=O)O)C1CCC2C3(O)CCC4CC(O)CCC4(C)C3CC(O)C12C. The molecule has 4 rings (SSSR count). The van der Waals surface area contributed by atoms with E-state index in [-0.39, 0.29) is 59.5 Å². The van der Waals surface area contributed by atoms with E-state index >= 15 is 0 Å². The molecule has 4 aliphatic carbocycles. The minimum atomic E-state index is -1.05. The molecular formula is C26H43NO6. The number of carbonyl (C=O) groups is 2. The average molecular weight is 466 g/mol. The van der Waals surface area contributed by atoms with E-state index in [2.05, 4.69) is 26.1 Å². The van der Waals surface area contributed by atoms with E-state index in [9.17, 15) is 24.9 Å². The first-order valence-electron chi connectivity index (χ1n) is 13.0. The van der Waals surface area contributed by atoms with Crippen molar-refractivity contribution in [3.05, 3.63) is 0 Å². The third-order valence-corrected chi connectivity index (χ3v) is 10.8. The third kappa shape index (κ3) is 4.02. The van der Waals surface area contributed by atoms with E-state index in [0.717, 1.165) is 44.9 Å². The van der Waals surface area contributed by atoms with Crippen LogP contribution in [0.2, 0.25) is 0 Å². The highest BCUT2D eigenvalue weighted by molar-refractivity contribution is 5.81. The Hall–Kier alpha value is -1.18. The Labute approximate surface area is 197 Å². The number of aliphatic hydroxyl groups is 3. The van der Waals surface area contributed by atoms with Gasteiger partial charge in [0.15, 0.2) is 0 Å². The van der Waals surface area contributed by atoms with Gasteiger partial charge < -0.3 is 25.7 Å². The summed E-state index contributed by atoms with van der Waals surface area (Å²) in [7, 11) is 0. The number of aliphatic hydroxyl groups excluding tert-OH is 2. The van der Waals surface area contributed by atoms with Gasteiger partial charge in [-0.1, -0.05) is 20.8 Å². The molecule has 0 saturated heterocycles.